The molecule has 46 heavy (non-hydrogen) atoms. The molecular weight excluding hydrogens is 665 g/mol. The molecule has 10 heteroatoms. The first-order valence-corrected chi connectivity index (χ1v) is 30.6. The summed E-state index contributed by atoms with van der Waals surface area (Å²) in [5.41, 5.74) is 0. The van der Waals surface area contributed by atoms with Crippen LogP contribution in [0.4, 0.5) is 0 Å². The lowest BCUT2D eigenvalue weighted by Gasteiger charge is -2.34. The monoisotopic (exact) mass is 744 g/mol. The predicted molar refractivity (Wildman–Crippen MR) is 224 cm³/mol. The third-order valence-electron chi connectivity index (χ3n) is 10.4. The molecule has 0 bridgehead atoms. The third-order valence-corrected chi connectivity index (χ3v) is 36.7. The minimum absolute atomic E-state index is 0.0391. The Bertz CT molecular complexity index is 639. The van der Waals surface area contributed by atoms with E-state index in [9.17, 15) is 9.59 Å². The first-order chi connectivity index (χ1) is 22.4. The molecule has 0 fully saturated rings. The zero-order valence-electron chi connectivity index (χ0n) is 32.0. The van der Waals surface area contributed by atoms with Crippen LogP contribution in [0.1, 0.15) is 144 Å². The number of esters is 2. The highest BCUT2D eigenvalue weighted by atomic mass is 28.3. The maximum absolute atomic E-state index is 12.5. The molecule has 0 aliphatic rings. The van der Waals surface area contributed by atoms with Gasteiger partial charge < -0.3 is 9.47 Å². The van der Waals surface area contributed by atoms with Crippen LogP contribution in [-0.4, -0.2) is 82.3 Å². The molecule has 0 spiro atoms. The Morgan fingerprint density at radius 3 is 0.891 bits per heavy atom. The van der Waals surface area contributed by atoms with Crippen molar-refractivity contribution in [2.24, 2.45) is 0 Å². The summed E-state index contributed by atoms with van der Waals surface area (Å²) in [6.45, 7) is 15.0. The van der Waals surface area contributed by atoms with Gasteiger partial charge in [-0.1, -0.05) is 176 Å². The van der Waals surface area contributed by atoms with Crippen molar-refractivity contribution in [2.45, 2.75) is 189 Å². The van der Waals surface area contributed by atoms with Crippen LogP contribution in [0.15, 0.2) is 12.2 Å². The van der Waals surface area contributed by atoms with E-state index in [0.29, 0.717) is 13.2 Å². The SMILES string of the molecule is CCCC[SiH2]C(CCCOC(=O)/C=C/C(=O)OCCCC([SiH2]CCCC)([SiH2]CCCC)[SiH2]CCCC)([SiH2]CCCC)[SiH2]CCCC. The molecule has 272 valence electrons. The van der Waals surface area contributed by atoms with Gasteiger partial charge in [-0.3, -0.25) is 0 Å². The van der Waals surface area contributed by atoms with Crippen molar-refractivity contribution >= 4 is 69.1 Å². The normalized spacial score (nSPS) is 15.9. The van der Waals surface area contributed by atoms with Crippen LogP contribution in [0.3, 0.4) is 0 Å². The maximum atomic E-state index is 12.5. The predicted octanol–water partition coefficient (Wildman–Crippen LogP) is 6.66. The van der Waals surface area contributed by atoms with Crippen molar-refractivity contribution in [1.82, 2.24) is 0 Å². The van der Waals surface area contributed by atoms with Gasteiger partial charge in [-0.25, -0.2) is 9.59 Å². The van der Waals surface area contributed by atoms with E-state index in [1.807, 2.05) is 0 Å². The van der Waals surface area contributed by atoms with E-state index in [1.54, 1.807) is 0 Å². The molecule has 0 aliphatic heterocycles. The minimum Gasteiger partial charge on any atom is -0.463 e. The van der Waals surface area contributed by atoms with Crippen molar-refractivity contribution in [3.05, 3.63) is 12.2 Å². The summed E-state index contributed by atoms with van der Waals surface area (Å²) < 4.78 is 12.8. The first-order valence-electron chi connectivity index (χ1n) is 20.4. The summed E-state index contributed by atoms with van der Waals surface area (Å²) in [6.07, 6.45) is 23.7. The lowest BCUT2D eigenvalue weighted by atomic mass is 10.3. The molecule has 0 N–H and O–H groups in total. The van der Waals surface area contributed by atoms with Gasteiger partial charge in [0, 0.05) is 69.3 Å². The van der Waals surface area contributed by atoms with Gasteiger partial charge in [0.15, 0.2) is 0 Å². The standard InChI is InChI=1S/C36H80O4Si6/c1-7-13-27-41-35(42-28-14-8-2,43-29-15-9-3)23-19-25-39-33(37)21-22-34(38)40-26-20-24-36(44-30-16-10-4,45-31-17-11-5)46-32-18-12-6/h21-22H,7-20,23-32,41-46H2,1-6H3/b22-21+. The number of carbonyl (C=O) groups is 2. The van der Waals surface area contributed by atoms with Gasteiger partial charge >= 0.3 is 11.9 Å². The lowest BCUT2D eigenvalue weighted by molar-refractivity contribution is -0.140. The highest BCUT2D eigenvalue weighted by Crippen LogP contribution is 2.35. The highest BCUT2D eigenvalue weighted by molar-refractivity contribution is 6.80. The van der Waals surface area contributed by atoms with Crippen LogP contribution in [0.2, 0.25) is 44.8 Å². The van der Waals surface area contributed by atoms with Crippen LogP contribution >= 0.6 is 0 Å². The number of ether oxygens (including phenoxy) is 2. The fourth-order valence-electron chi connectivity index (χ4n) is 7.47. The Balaban J connectivity index is 4.86. The van der Waals surface area contributed by atoms with Gasteiger partial charge in [0.2, 0.25) is 0 Å². The molecule has 0 aromatic carbocycles. The van der Waals surface area contributed by atoms with Crippen molar-refractivity contribution in [3.63, 3.8) is 0 Å². The average molecular weight is 746 g/mol. The highest BCUT2D eigenvalue weighted by Gasteiger charge is 2.30. The van der Waals surface area contributed by atoms with Gasteiger partial charge in [0.05, 0.1) is 13.2 Å². The molecular formula is C36H80O4Si6. The van der Waals surface area contributed by atoms with E-state index in [4.69, 9.17) is 9.47 Å². The Morgan fingerprint density at radius 1 is 0.435 bits per heavy atom. The second kappa shape index (κ2) is 32.2. The Kier molecular flexibility index (Phi) is 32.2. The zero-order chi connectivity index (χ0) is 34.2. The fourth-order valence-corrected chi connectivity index (χ4v) is 34.5. The Hall–Kier alpha value is -0.0187. The average Bonchev–Trinajstić information content (AvgIpc) is 3.05. The molecule has 0 radical (unpaired) electrons. The number of carbonyl (C=O) groups excluding carboxylic acids is 2. The second-order valence-electron chi connectivity index (χ2n) is 14.6. The van der Waals surface area contributed by atoms with E-state index >= 15 is 0 Å². The summed E-state index contributed by atoms with van der Waals surface area (Å²) >= 11 is 0. The molecule has 0 amide bonds. The zero-order valence-corrected chi connectivity index (χ0v) is 40.5. The molecule has 0 atom stereocenters. The van der Waals surface area contributed by atoms with Crippen LogP contribution in [-0.2, 0) is 19.1 Å². The van der Waals surface area contributed by atoms with Crippen LogP contribution in [0.5, 0.6) is 0 Å². The molecule has 0 aromatic rings. The molecule has 0 aromatic heterocycles. The van der Waals surface area contributed by atoms with Crippen molar-refractivity contribution in [3.8, 4) is 0 Å². The minimum atomic E-state index is -0.387. The number of unbranched alkanes of at least 4 members (excludes halogenated alkanes) is 6. The van der Waals surface area contributed by atoms with Crippen molar-refractivity contribution in [2.75, 3.05) is 13.2 Å². The van der Waals surface area contributed by atoms with E-state index < -0.39 is 0 Å². The largest absolute Gasteiger partial charge is 0.463 e. The maximum Gasteiger partial charge on any atom is 0.331 e. The molecule has 0 aliphatic carbocycles. The Labute approximate surface area is 301 Å². The fraction of sp³-hybridized carbons (Fsp3) is 0.889. The van der Waals surface area contributed by atoms with Crippen LogP contribution < -0.4 is 0 Å². The van der Waals surface area contributed by atoms with E-state index in [-0.39, 0.29) is 69.1 Å². The molecule has 0 saturated heterocycles. The molecule has 0 rings (SSSR count). The molecule has 0 saturated carbocycles. The smallest absolute Gasteiger partial charge is 0.331 e. The lowest BCUT2D eigenvalue weighted by Crippen LogP contribution is -2.34. The molecule has 4 nitrogen and oxygen atoms in total. The third kappa shape index (κ3) is 25.0. The van der Waals surface area contributed by atoms with Gasteiger partial charge in [-0.15, -0.1) is 0 Å². The summed E-state index contributed by atoms with van der Waals surface area (Å²) in [6, 6.07) is 9.10. The van der Waals surface area contributed by atoms with Crippen LogP contribution in [0, 0.1) is 0 Å². The van der Waals surface area contributed by atoms with E-state index in [0.717, 1.165) is 21.4 Å². The number of hydrogen-bond acceptors (Lipinski definition) is 4. The van der Waals surface area contributed by atoms with Crippen molar-refractivity contribution < 1.29 is 19.1 Å². The summed E-state index contributed by atoms with van der Waals surface area (Å²) in [7, 11) is -0.234. The summed E-state index contributed by atoms with van der Waals surface area (Å²) in [5, 5.41) is 0. The first kappa shape index (κ1) is 46.0. The molecule has 0 unspecified atom stereocenters. The van der Waals surface area contributed by atoms with Gasteiger partial charge in [-0.2, -0.15) is 0 Å². The Morgan fingerprint density at radius 2 is 0.674 bits per heavy atom. The van der Waals surface area contributed by atoms with Crippen LogP contribution in [0.25, 0.3) is 0 Å². The topological polar surface area (TPSA) is 52.6 Å². The van der Waals surface area contributed by atoms with E-state index in [2.05, 4.69) is 41.5 Å². The number of rotatable bonds is 34. The van der Waals surface area contributed by atoms with Gasteiger partial charge in [-0.05, 0) is 12.8 Å². The second-order valence-corrected chi connectivity index (χ2v) is 36.9. The number of hydrogen-bond donors (Lipinski definition) is 0. The van der Waals surface area contributed by atoms with Gasteiger partial charge in [0.25, 0.3) is 0 Å². The quantitative estimate of drug-likeness (QED) is 0.0320. The summed E-state index contributed by atoms with van der Waals surface area (Å²) in [5.74, 6) is -0.774. The molecule has 0 heterocycles. The van der Waals surface area contributed by atoms with E-state index in [1.165, 1.54) is 138 Å². The van der Waals surface area contributed by atoms with Gasteiger partial charge in [0.1, 0.15) is 0 Å². The summed E-state index contributed by atoms with van der Waals surface area (Å²) in [4.78, 5) is 24.9. The van der Waals surface area contributed by atoms with Crippen molar-refractivity contribution in [1.29, 1.82) is 0 Å².